The first-order valence-electron chi connectivity index (χ1n) is 6.64. The number of rotatable bonds is 5. The summed E-state index contributed by atoms with van der Waals surface area (Å²) in [5.41, 5.74) is 4.62. The van der Waals surface area contributed by atoms with Gasteiger partial charge in [-0.15, -0.1) is 0 Å². The van der Waals surface area contributed by atoms with Crippen molar-refractivity contribution in [3.05, 3.63) is 45.7 Å². The Hall–Kier alpha value is -1.13. The van der Waals surface area contributed by atoms with Crippen molar-refractivity contribution < 1.29 is 0 Å². The Morgan fingerprint density at radius 1 is 1.26 bits per heavy atom. The molecule has 1 N–H and O–H groups in total. The summed E-state index contributed by atoms with van der Waals surface area (Å²) in [5.74, 6) is 0. The number of hydrogen-bond donors (Lipinski definition) is 1. The summed E-state index contributed by atoms with van der Waals surface area (Å²) in [7, 11) is 0. The fourth-order valence-corrected chi connectivity index (χ4v) is 2.58. The van der Waals surface area contributed by atoms with E-state index in [1.807, 2.05) is 11.6 Å². The standard InChI is InChI=1S/C15H20BrN3/c1-4-7-17-10-13-9-14(16)5-6-15(13)19-12(3)8-11(2)18-19/h5-6,8-9,17H,4,7,10H2,1-3H3. The third-order valence-electron chi connectivity index (χ3n) is 3.02. The van der Waals surface area contributed by atoms with Gasteiger partial charge in [-0.1, -0.05) is 22.9 Å². The molecule has 3 nitrogen and oxygen atoms in total. The first kappa shape index (κ1) is 14.3. The lowest BCUT2D eigenvalue weighted by Gasteiger charge is -2.12. The Morgan fingerprint density at radius 3 is 2.68 bits per heavy atom. The van der Waals surface area contributed by atoms with Crippen LogP contribution in [0.2, 0.25) is 0 Å². The molecule has 0 saturated heterocycles. The monoisotopic (exact) mass is 321 g/mol. The molecule has 0 radical (unpaired) electrons. The zero-order valence-corrected chi connectivity index (χ0v) is 13.3. The minimum absolute atomic E-state index is 0.862. The van der Waals surface area contributed by atoms with Crippen LogP contribution in [0.15, 0.2) is 28.7 Å². The minimum atomic E-state index is 0.862. The molecule has 0 aliphatic heterocycles. The normalized spacial score (nSPS) is 10.9. The zero-order chi connectivity index (χ0) is 13.8. The summed E-state index contributed by atoms with van der Waals surface area (Å²) in [6, 6.07) is 8.45. The third kappa shape index (κ3) is 3.45. The van der Waals surface area contributed by atoms with Gasteiger partial charge in [-0.05, 0) is 56.6 Å². The molecule has 0 saturated carbocycles. The van der Waals surface area contributed by atoms with Gasteiger partial charge in [0.05, 0.1) is 11.4 Å². The molecule has 2 aromatic rings. The average molecular weight is 322 g/mol. The number of aryl methyl sites for hydroxylation is 2. The molecule has 0 bridgehead atoms. The van der Waals surface area contributed by atoms with Crippen LogP contribution in [0.25, 0.3) is 5.69 Å². The highest BCUT2D eigenvalue weighted by atomic mass is 79.9. The van der Waals surface area contributed by atoms with Crippen molar-refractivity contribution in [2.45, 2.75) is 33.7 Å². The van der Waals surface area contributed by atoms with Gasteiger partial charge in [0, 0.05) is 16.7 Å². The topological polar surface area (TPSA) is 29.9 Å². The van der Waals surface area contributed by atoms with Gasteiger partial charge in [-0.3, -0.25) is 0 Å². The van der Waals surface area contributed by atoms with Crippen molar-refractivity contribution in [1.82, 2.24) is 15.1 Å². The predicted octanol–water partition coefficient (Wildman–Crippen LogP) is 3.75. The molecule has 0 atom stereocenters. The molecule has 0 aliphatic rings. The van der Waals surface area contributed by atoms with E-state index in [0.29, 0.717) is 0 Å². The van der Waals surface area contributed by atoms with Gasteiger partial charge in [0.2, 0.25) is 0 Å². The molecule has 102 valence electrons. The summed E-state index contributed by atoms with van der Waals surface area (Å²) in [6.45, 7) is 8.18. The molecule has 19 heavy (non-hydrogen) atoms. The van der Waals surface area contributed by atoms with Gasteiger partial charge in [-0.25, -0.2) is 4.68 Å². The first-order chi connectivity index (χ1) is 9.11. The molecule has 1 aromatic heterocycles. The van der Waals surface area contributed by atoms with Crippen molar-refractivity contribution in [3.63, 3.8) is 0 Å². The maximum absolute atomic E-state index is 4.57. The van der Waals surface area contributed by atoms with E-state index in [1.54, 1.807) is 0 Å². The Morgan fingerprint density at radius 2 is 2.05 bits per heavy atom. The van der Waals surface area contributed by atoms with Crippen LogP contribution >= 0.6 is 15.9 Å². The lowest BCUT2D eigenvalue weighted by molar-refractivity contribution is 0.668. The van der Waals surface area contributed by atoms with E-state index >= 15 is 0 Å². The highest BCUT2D eigenvalue weighted by molar-refractivity contribution is 9.10. The Balaban J connectivity index is 2.36. The zero-order valence-electron chi connectivity index (χ0n) is 11.7. The molecule has 0 fully saturated rings. The number of benzene rings is 1. The van der Waals surface area contributed by atoms with Crippen molar-refractivity contribution in [3.8, 4) is 5.69 Å². The van der Waals surface area contributed by atoms with Gasteiger partial charge in [-0.2, -0.15) is 5.10 Å². The number of nitrogens with one attached hydrogen (secondary N) is 1. The summed E-state index contributed by atoms with van der Waals surface area (Å²) in [6.07, 6.45) is 1.14. The van der Waals surface area contributed by atoms with Crippen LogP contribution in [0, 0.1) is 13.8 Å². The van der Waals surface area contributed by atoms with E-state index in [-0.39, 0.29) is 0 Å². The number of hydrogen-bond acceptors (Lipinski definition) is 2. The van der Waals surface area contributed by atoms with Crippen molar-refractivity contribution >= 4 is 15.9 Å². The van der Waals surface area contributed by atoms with E-state index in [1.165, 1.54) is 5.56 Å². The fourth-order valence-electron chi connectivity index (χ4n) is 2.17. The summed E-state index contributed by atoms with van der Waals surface area (Å²) in [5, 5.41) is 8.03. The molecule has 1 aromatic carbocycles. The van der Waals surface area contributed by atoms with Crippen LogP contribution in [0.1, 0.15) is 30.3 Å². The predicted molar refractivity (Wildman–Crippen MR) is 82.7 cm³/mol. The molecule has 0 aliphatic carbocycles. The van der Waals surface area contributed by atoms with Gasteiger partial charge in [0.1, 0.15) is 0 Å². The first-order valence-corrected chi connectivity index (χ1v) is 7.44. The number of aromatic nitrogens is 2. The molecule has 4 heteroatoms. The van der Waals surface area contributed by atoms with Crippen molar-refractivity contribution in [2.75, 3.05) is 6.54 Å². The second kappa shape index (κ2) is 6.35. The van der Waals surface area contributed by atoms with Crippen molar-refractivity contribution in [1.29, 1.82) is 0 Å². The fraction of sp³-hybridized carbons (Fsp3) is 0.400. The Bertz CT molecular complexity index is 561. The Labute approximate surface area is 123 Å². The van der Waals surface area contributed by atoms with E-state index in [0.717, 1.165) is 41.1 Å². The lowest BCUT2D eigenvalue weighted by atomic mass is 10.1. The molecule has 0 unspecified atom stereocenters. The van der Waals surface area contributed by atoms with E-state index < -0.39 is 0 Å². The quantitative estimate of drug-likeness (QED) is 0.850. The van der Waals surface area contributed by atoms with Gasteiger partial charge in [0.25, 0.3) is 0 Å². The molecule has 1 heterocycles. The van der Waals surface area contributed by atoms with E-state index in [4.69, 9.17) is 0 Å². The van der Waals surface area contributed by atoms with E-state index in [2.05, 4.69) is 64.5 Å². The SMILES string of the molecule is CCCNCc1cc(Br)ccc1-n1nc(C)cc1C. The van der Waals surface area contributed by atoms with Gasteiger partial charge < -0.3 is 5.32 Å². The summed E-state index contributed by atoms with van der Waals surface area (Å²) >= 11 is 3.54. The smallest absolute Gasteiger partial charge is 0.0694 e. The highest BCUT2D eigenvalue weighted by Crippen LogP contribution is 2.21. The second-order valence-electron chi connectivity index (χ2n) is 4.79. The van der Waals surface area contributed by atoms with Crippen LogP contribution in [-0.2, 0) is 6.54 Å². The van der Waals surface area contributed by atoms with Crippen LogP contribution in [0.3, 0.4) is 0 Å². The number of nitrogens with zero attached hydrogens (tertiary/aromatic N) is 2. The van der Waals surface area contributed by atoms with Gasteiger partial charge >= 0.3 is 0 Å². The summed E-state index contributed by atoms with van der Waals surface area (Å²) < 4.78 is 3.12. The van der Waals surface area contributed by atoms with Crippen LogP contribution in [-0.4, -0.2) is 16.3 Å². The Kier molecular flexibility index (Phi) is 4.77. The minimum Gasteiger partial charge on any atom is -0.313 e. The average Bonchev–Trinajstić information content (AvgIpc) is 2.69. The largest absolute Gasteiger partial charge is 0.313 e. The highest BCUT2D eigenvalue weighted by Gasteiger charge is 2.09. The number of halogens is 1. The van der Waals surface area contributed by atoms with Crippen LogP contribution in [0.5, 0.6) is 0 Å². The third-order valence-corrected chi connectivity index (χ3v) is 3.51. The molecular weight excluding hydrogens is 302 g/mol. The maximum Gasteiger partial charge on any atom is 0.0694 e. The molecule has 0 amide bonds. The maximum atomic E-state index is 4.57. The van der Waals surface area contributed by atoms with E-state index in [9.17, 15) is 0 Å². The lowest BCUT2D eigenvalue weighted by Crippen LogP contribution is -2.16. The molecule has 0 spiro atoms. The molecular formula is C15H20BrN3. The summed E-state index contributed by atoms with van der Waals surface area (Å²) in [4.78, 5) is 0. The van der Waals surface area contributed by atoms with Gasteiger partial charge in [0.15, 0.2) is 0 Å². The van der Waals surface area contributed by atoms with Crippen LogP contribution in [0.4, 0.5) is 0 Å². The van der Waals surface area contributed by atoms with Crippen LogP contribution < -0.4 is 5.32 Å². The van der Waals surface area contributed by atoms with Crippen molar-refractivity contribution in [2.24, 2.45) is 0 Å². The molecule has 2 rings (SSSR count). The second-order valence-corrected chi connectivity index (χ2v) is 5.70.